The van der Waals surface area contributed by atoms with Gasteiger partial charge in [0.25, 0.3) is 0 Å². The minimum Gasteiger partial charge on any atom is -0.508 e. The number of hydrogen-bond donors (Lipinski definition) is 2. The van der Waals surface area contributed by atoms with Crippen LogP contribution >= 0.6 is 0 Å². The number of aromatic carboxylic acids is 1. The van der Waals surface area contributed by atoms with Gasteiger partial charge in [0.15, 0.2) is 5.43 Å². The highest BCUT2D eigenvalue weighted by Crippen LogP contribution is 2.49. The molecule has 2 aliphatic rings. The van der Waals surface area contributed by atoms with E-state index >= 15 is 0 Å². The molecule has 154 valence electrons. The molecule has 0 radical (unpaired) electrons. The van der Waals surface area contributed by atoms with Gasteiger partial charge in [-0.2, -0.15) is 5.10 Å². The van der Waals surface area contributed by atoms with Gasteiger partial charge in [-0.1, -0.05) is 26.0 Å². The SMILES string of the molecule is CC(C)[C@@H]1Cn2nc(C3CC3)c(-c3ccc(O)cc3)c2-c2cc(=O)c(C(=O)O)cn21. The van der Waals surface area contributed by atoms with Gasteiger partial charge in [-0.3, -0.25) is 9.48 Å². The van der Waals surface area contributed by atoms with Gasteiger partial charge in [0.2, 0.25) is 0 Å². The van der Waals surface area contributed by atoms with Crippen LogP contribution in [0.1, 0.15) is 54.7 Å². The summed E-state index contributed by atoms with van der Waals surface area (Å²) in [6, 6.07) is 8.45. The summed E-state index contributed by atoms with van der Waals surface area (Å²) in [6.45, 7) is 4.79. The molecule has 2 N–H and O–H groups in total. The molecule has 1 aliphatic heterocycles. The van der Waals surface area contributed by atoms with Gasteiger partial charge in [0, 0.05) is 23.7 Å². The van der Waals surface area contributed by atoms with Crippen molar-refractivity contribution in [3.63, 3.8) is 0 Å². The number of carboxylic acid groups (broad SMARTS) is 1. The van der Waals surface area contributed by atoms with Gasteiger partial charge >= 0.3 is 5.97 Å². The number of rotatable bonds is 4. The standard InChI is InChI=1S/C23H23N3O4/c1-12(2)18-11-26-22(17-9-19(28)16(23(29)30)10-25(17)18)20(21(24-26)14-3-4-14)13-5-7-15(27)8-6-13/h5-10,12,14,18,27H,3-4,11H2,1-2H3,(H,29,30)/t18-/m0/s1. The largest absolute Gasteiger partial charge is 0.508 e. The lowest BCUT2D eigenvalue weighted by Gasteiger charge is -2.32. The molecule has 30 heavy (non-hydrogen) atoms. The van der Waals surface area contributed by atoms with Crippen molar-refractivity contribution in [2.75, 3.05) is 0 Å². The molecule has 3 aromatic rings. The first-order valence-electron chi connectivity index (χ1n) is 10.2. The molecule has 0 amide bonds. The topological polar surface area (TPSA) is 97.3 Å². The fourth-order valence-corrected chi connectivity index (χ4v) is 4.40. The van der Waals surface area contributed by atoms with E-state index in [0.717, 1.165) is 35.4 Å². The highest BCUT2D eigenvalue weighted by atomic mass is 16.4. The zero-order valence-electron chi connectivity index (χ0n) is 16.9. The van der Waals surface area contributed by atoms with Crippen molar-refractivity contribution in [2.24, 2.45) is 5.92 Å². The number of aromatic nitrogens is 3. The van der Waals surface area contributed by atoms with Crippen LogP contribution in [-0.4, -0.2) is 30.5 Å². The van der Waals surface area contributed by atoms with E-state index in [1.165, 1.54) is 12.3 Å². The Labute approximate surface area is 173 Å². The maximum Gasteiger partial charge on any atom is 0.341 e. The molecule has 1 aromatic carbocycles. The Hall–Kier alpha value is -3.35. The zero-order chi connectivity index (χ0) is 21.2. The molecule has 1 atom stereocenters. The van der Waals surface area contributed by atoms with E-state index in [4.69, 9.17) is 5.10 Å². The number of nitrogens with zero attached hydrogens (tertiary/aromatic N) is 3. The fraction of sp³-hybridized carbons (Fsp3) is 0.348. The molecule has 0 spiro atoms. The summed E-state index contributed by atoms with van der Waals surface area (Å²) in [7, 11) is 0. The summed E-state index contributed by atoms with van der Waals surface area (Å²) in [6.07, 6.45) is 3.65. The van der Waals surface area contributed by atoms with Crippen molar-refractivity contribution in [1.82, 2.24) is 14.3 Å². The van der Waals surface area contributed by atoms with E-state index in [2.05, 4.69) is 13.8 Å². The summed E-state index contributed by atoms with van der Waals surface area (Å²) in [5.41, 5.74) is 3.73. The monoisotopic (exact) mass is 405 g/mol. The van der Waals surface area contributed by atoms with Crippen LogP contribution in [0.15, 0.2) is 41.3 Å². The summed E-state index contributed by atoms with van der Waals surface area (Å²) < 4.78 is 3.92. The number of pyridine rings is 1. The number of hydrogen-bond acceptors (Lipinski definition) is 4. The second-order valence-electron chi connectivity index (χ2n) is 8.57. The molecule has 0 bridgehead atoms. The normalized spacial score (nSPS) is 17.6. The minimum absolute atomic E-state index is 0.00850. The van der Waals surface area contributed by atoms with Crippen LogP contribution in [-0.2, 0) is 6.54 Å². The van der Waals surface area contributed by atoms with E-state index < -0.39 is 11.4 Å². The van der Waals surface area contributed by atoms with Gasteiger partial charge in [0.05, 0.1) is 29.7 Å². The Bertz CT molecular complexity index is 1220. The molecule has 7 nitrogen and oxygen atoms in total. The second kappa shape index (κ2) is 6.58. The highest BCUT2D eigenvalue weighted by molar-refractivity contribution is 5.89. The molecule has 0 saturated heterocycles. The number of carbonyl (C=O) groups is 1. The zero-order valence-corrected chi connectivity index (χ0v) is 16.9. The summed E-state index contributed by atoms with van der Waals surface area (Å²) in [5.74, 6) is -0.403. The minimum atomic E-state index is -1.21. The maximum absolute atomic E-state index is 12.6. The second-order valence-corrected chi connectivity index (χ2v) is 8.57. The Morgan fingerprint density at radius 1 is 1.20 bits per heavy atom. The number of aromatic hydroxyl groups is 1. The number of phenols is 1. The number of carboxylic acids is 1. The average Bonchev–Trinajstić information content (AvgIpc) is 3.47. The van der Waals surface area contributed by atoms with E-state index in [0.29, 0.717) is 18.2 Å². The van der Waals surface area contributed by atoms with Crippen molar-refractivity contribution in [1.29, 1.82) is 0 Å². The molecular formula is C23H23N3O4. The third-order valence-corrected chi connectivity index (χ3v) is 6.14. The Morgan fingerprint density at radius 2 is 1.90 bits per heavy atom. The average molecular weight is 405 g/mol. The van der Waals surface area contributed by atoms with Crippen LogP contribution in [0, 0.1) is 5.92 Å². The van der Waals surface area contributed by atoms with Crippen molar-refractivity contribution < 1.29 is 15.0 Å². The quantitative estimate of drug-likeness (QED) is 0.687. The molecule has 1 aliphatic carbocycles. The van der Waals surface area contributed by atoms with Gasteiger partial charge in [0.1, 0.15) is 11.3 Å². The predicted molar refractivity (Wildman–Crippen MR) is 112 cm³/mol. The molecule has 3 heterocycles. The molecule has 5 rings (SSSR count). The molecule has 0 unspecified atom stereocenters. The van der Waals surface area contributed by atoms with Crippen LogP contribution in [0.4, 0.5) is 0 Å². The Kier molecular flexibility index (Phi) is 4.10. The maximum atomic E-state index is 12.6. The van der Waals surface area contributed by atoms with Gasteiger partial charge in [-0.25, -0.2) is 4.79 Å². The van der Waals surface area contributed by atoms with Crippen LogP contribution in [0.3, 0.4) is 0 Å². The van der Waals surface area contributed by atoms with E-state index in [1.807, 2.05) is 21.4 Å². The predicted octanol–water partition coefficient (Wildman–Crippen LogP) is 3.87. The fourth-order valence-electron chi connectivity index (χ4n) is 4.40. The van der Waals surface area contributed by atoms with Crippen molar-refractivity contribution in [2.45, 2.75) is 45.2 Å². The molecular weight excluding hydrogens is 382 g/mol. The summed E-state index contributed by atoms with van der Waals surface area (Å²) in [4.78, 5) is 24.2. The highest BCUT2D eigenvalue weighted by Gasteiger charge is 2.37. The van der Waals surface area contributed by atoms with Gasteiger partial charge < -0.3 is 14.8 Å². The number of phenolic OH excluding ortho intramolecular Hbond substituents is 1. The van der Waals surface area contributed by atoms with Gasteiger partial charge in [-0.05, 0) is 36.5 Å². The lowest BCUT2D eigenvalue weighted by molar-refractivity contribution is 0.0694. The van der Waals surface area contributed by atoms with E-state index in [-0.39, 0.29) is 23.3 Å². The van der Waals surface area contributed by atoms with Crippen molar-refractivity contribution in [3.05, 3.63) is 58.0 Å². The molecule has 2 aromatic heterocycles. The van der Waals surface area contributed by atoms with Crippen LogP contribution < -0.4 is 5.43 Å². The third kappa shape index (κ3) is 2.84. The van der Waals surface area contributed by atoms with Gasteiger partial charge in [-0.15, -0.1) is 0 Å². The smallest absolute Gasteiger partial charge is 0.341 e. The first-order valence-corrected chi connectivity index (χ1v) is 10.2. The lowest BCUT2D eigenvalue weighted by atomic mass is 9.95. The van der Waals surface area contributed by atoms with E-state index in [1.54, 1.807) is 12.1 Å². The van der Waals surface area contributed by atoms with Crippen molar-refractivity contribution >= 4 is 5.97 Å². The summed E-state index contributed by atoms with van der Waals surface area (Å²) in [5, 5.41) is 24.2. The first kappa shape index (κ1) is 18.7. The first-order chi connectivity index (χ1) is 14.3. The Balaban J connectivity index is 1.81. The Morgan fingerprint density at radius 3 is 2.50 bits per heavy atom. The number of fused-ring (bicyclic) bond motifs is 3. The van der Waals surface area contributed by atoms with E-state index in [9.17, 15) is 19.8 Å². The number of benzene rings is 1. The molecule has 7 heteroatoms. The van der Waals surface area contributed by atoms with Crippen LogP contribution in [0.25, 0.3) is 22.5 Å². The molecule has 1 saturated carbocycles. The van der Waals surface area contributed by atoms with Crippen LogP contribution in [0.2, 0.25) is 0 Å². The lowest BCUT2D eigenvalue weighted by Crippen LogP contribution is -2.31. The third-order valence-electron chi connectivity index (χ3n) is 6.14. The van der Waals surface area contributed by atoms with Crippen LogP contribution in [0.5, 0.6) is 5.75 Å². The molecule has 1 fully saturated rings. The summed E-state index contributed by atoms with van der Waals surface area (Å²) >= 11 is 0. The van der Waals surface area contributed by atoms with Crippen molar-refractivity contribution in [3.8, 4) is 28.3 Å².